The SMILES string of the molecule is N#Cc1cccc(-c2nc(-c3ccccc3)nc(-c3ccc(-c4ccc(-c5ccc6c(c5)C5(c7c-6ccc6ccccc76)C6CC7CC8CC5C786)cc4)cc3)n2)c1. The zero-order valence-corrected chi connectivity index (χ0v) is 31.2. The third-order valence-electron chi connectivity index (χ3n) is 15.0. The fourth-order valence-electron chi connectivity index (χ4n) is 12.7. The quantitative estimate of drug-likeness (QED) is 0.177. The van der Waals surface area contributed by atoms with E-state index in [1.807, 2.05) is 48.5 Å². The van der Waals surface area contributed by atoms with Crippen molar-refractivity contribution < 1.29 is 0 Å². The molecule has 7 aromatic carbocycles. The van der Waals surface area contributed by atoms with Gasteiger partial charge in [-0.3, -0.25) is 0 Å². The molecular formula is C53H36N4. The van der Waals surface area contributed by atoms with E-state index in [0.717, 1.165) is 45.9 Å². The van der Waals surface area contributed by atoms with Crippen LogP contribution in [0.15, 0.2) is 158 Å². The average molecular weight is 729 g/mol. The first kappa shape index (κ1) is 31.5. The molecular weight excluding hydrogens is 693 g/mol. The van der Waals surface area contributed by atoms with Crippen molar-refractivity contribution in [3.05, 3.63) is 174 Å². The molecule has 268 valence electrons. The van der Waals surface area contributed by atoms with Crippen LogP contribution in [0.3, 0.4) is 0 Å². The second-order valence-electron chi connectivity index (χ2n) is 17.1. The van der Waals surface area contributed by atoms with Gasteiger partial charge in [-0.15, -0.1) is 0 Å². The first-order valence-electron chi connectivity index (χ1n) is 20.3. The van der Waals surface area contributed by atoms with Gasteiger partial charge in [-0.25, -0.2) is 15.0 Å². The predicted octanol–water partition coefficient (Wildman–Crippen LogP) is 12.2. The van der Waals surface area contributed by atoms with Crippen LogP contribution in [-0.4, -0.2) is 15.0 Å². The molecule has 8 aromatic rings. The number of fused-ring (bicyclic) bond motifs is 9. The highest BCUT2D eigenvalue weighted by atomic mass is 15.0. The maximum absolute atomic E-state index is 9.53. The van der Waals surface area contributed by atoms with Crippen LogP contribution in [0.4, 0.5) is 0 Å². The van der Waals surface area contributed by atoms with E-state index in [1.165, 1.54) is 57.9 Å². The molecule has 1 aromatic heterocycles. The molecule has 0 saturated heterocycles. The summed E-state index contributed by atoms with van der Waals surface area (Å²) in [7, 11) is 0. The van der Waals surface area contributed by atoms with Crippen molar-refractivity contribution in [2.24, 2.45) is 29.1 Å². The van der Waals surface area contributed by atoms with E-state index in [0.29, 0.717) is 28.5 Å². The largest absolute Gasteiger partial charge is 0.208 e. The van der Waals surface area contributed by atoms with Gasteiger partial charge in [0.1, 0.15) is 0 Å². The van der Waals surface area contributed by atoms with Crippen LogP contribution in [0.5, 0.6) is 0 Å². The molecule has 57 heavy (non-hydrogen) atoms. The van der Waals surface area contributed by atoms with Gasteiger partial charge in [0.2, 0.25) is 0 Å². The lowest BCUT2D eigenvalue weighted by Crippen LogP contribution is -2.88. The minimum atomic E-state index is 0.165. The molecule has 13 rings (SSSR count). The fraction of sp³-hybridized carbons (Fsp3) is 0.170. The number of benzene rings is 7. The highest BCUT2D eigenvalue weighted by Gasteiger charge is 2.90. The third-order valence-corrected chi connectivity index (χ3v) is 15.0. The number of hydrogen-bond donors (Lipinski definition) is 0. The number of nitrogens with zero attached hydrogens (tertiary/aromatic N) is 4. The minimum Gasteiger partial charge on any atom is -0.208 e. The van der Waals surface area contributed by atoms with E-state index in [-0.39, 0.29) is 5.41 Å². The van der Waals surface area contributed by atoms with Gasteiger partial charge >= 0.3 is 0 Å². The summed E-state index contributed by atoms with van der Waals surface area (Å²) in [5, 5.41) is 12.4. The molecule has 0 N–H and O–H groups in total. The summed E-state index contributed by atoms with van der Waals surface area (Å²) in [6.45, 7) is 0. The molecule has 0 aliphatic heterocycles. The number of rotatable bonds is 5. The summed E-state index contributed by atoms with van der Waals surface area (Å²) in [4.78, 5) is 14.6. The molecule has 5 aliphatic rings. The van der Waals surface area contributed by atoms with Crippen molar-refractivity contribution >= 4 is 10.8 Å². The summed E-state index contributed by atoms with van der Waals surface area (Å²) in [5.41, 5.74) is 15.1. The van der Waals surface area contributed by atoms with Gasteiger partial charge < -0.3 is 0 Å². The molecule has 4 atom stereocenters. The summed E-state index contributed by atoms with van der Waals surface area (Å²) in [5.74, 6) is 5.29. The Bertz CT molecular complexity index is 3010. The van der Waals surface area contributed by atoms with Gasteiger partial charge in [-0.1, -0.05) is 140 Å². The molecule has 0 radical (unpaired) electrons. The van der Waals surface area contributed by atoms with Gasteiger partial charge in [-0.05, 0) is 122 Å². The highest BCUT2D eigenvalue weighted by Crippen LogP contribution is 2.95. The van der Waals surface area contributed by atoms with Crippen LogP contribution in [0.2, 0.25) is 0 Å². The Morgan fingerprint density at radius 2 is 1.04 bits per heavy atom. The summed E-state index contributed by atoms with van der Waals surface area (Å²) in [6, 6.07) is 58.5. The average Bonchev–Trinajstić information content (AvgIpc) is 3.56. The Kier molecular flexibility index (Phi) is 6.19. The lowest BCUT2D eigenvalue weighted by Gasteiger charge is -2.92. The fourth-order valence-corrected chi connectivity index (χ4v) is 12.7. The zero-order chi connectivity index (χ0) is 37.5. The Labute approximate surface area is 331 Å². The summed E-state index contributed by atoms with van der Waals surface area (Å²) < 4.78 is 0. The monoisotopic (exact) mass is 728 g/mol. The van der Waals surface area contributed by atoms with Gasteiger partial charge in [-0.2, -0.15) is 5.26 Å². The Morgan fingerprint density at radius 3 is 1.72 bits per heavy atom. The van der Waals surface area contributed by atoms with Gasteiger partial charge in [0, 0.05) is 22.1 Å². The first-order chi connectivity index (χ1) is 28.1. The van der Waals surface area contributed by atoms with Crippen molar-refractivity contribution in [2.45, 2.75) is 24.7 Å². The molecule has 4 fully saturated rings. The molecule has 4 saturated carbocycles. The van der Waals surface area contributed by atoms with Crippen molar-refractivity contribution in [2.75, 3.05) is 0 Å². The number of aromatic nitrogens is 3. The lowest BCUT2D eigenvalue weighted by molar-refractivity contribution is -0.412. The minimum absolute atomic E-state index is 0.165. The molecule has 4 heteroatoms. The van der Waals surface area contributed by atoms with E-state index < -0.39 is 0 Å². The molecule has 0 bridgehead atoms. The van der Waals surface area contributed by atoms with Crippen molar-refractivity contribution in [3.8, 4) is 73.6 Å². The van der Waals surface area contributed by atoms with Crippen LogP contribution in [-0.2, 0) is 5.41 Å². The molecule has 5 aliphatic carbocycles. The maximum Gasteiger partial charge on any atom is 0.164 e. The smallest absolute Gasteiger partial charge is 0.164 e. The van der Waals surface area contributed by atoms with Crippen LogP contribution in [0.1, 0.15) is 36.0 Å². The van der Waals surface area contributed by atoms with Crippen LogP contribution < -0.4 is 0 Å². The maximum atomic E-state index is 9.53. The third kappa shape index (κ3) is 3.99. The van der Waals surface area contributed by atoms with Gasteiger partial charge in [0.05, 0.1) is 11.6 Å². The van der Waals surface area contributed by atoms with E-state index in [9.17, 15) is 5.26 Å². The van der Waals surface area contributed by atoms with Crippen molar-refractivity contribution in [1.82, 2.24) is 15.0 Å². The molecule has 1 heterocycles. The number of hydrogen-bond acceptors (Lipinski definition) is 4. The first-order valence-corrected chi connectivity index (χ1v) is 20.3. The molecule has 2 spiro atoms. The molecule has 4 unspecified atom stereocenters. The highest BCUT2D eigenvalue weighted by molar-refractivity contribution is 5.99. The van der Waals surface area contributed by atoms with Gasteiger partial charge in [0.25, 0.3) is 0 Å². The lowest BCUT2D eigenvalue weighted by atomic mass is 9.11. The second-order valence-corrected chi connectivity index (χ2v) is 17.1. The second kappa shape index (κ2) is 11.2. The molecule has 4 nitrogen and oxygen atoms in total. The zero-order valence-electron chi connectivity index (χ0n) is 31.2. The van der Waals surface area contributed by atoms with Crippen molar-refractivity contribution in [3.63, 3.8) is 0 Å². The molecule has 0 amide bonds. The summed E-state index contributed by atoms with van der Waals surface area (Å²) >= 11 is 0. The van der Waals surface area contributed by atoms with Crippen LogP contribution in [0, 0.1) is 40.4 Å². The van der Waals surface area contributed by atoms with Gasteiger partial charge in [0.15, 0.2) is 17.5 Å². The number of nitriles is 1. The predicted molar refractivity (Wildman–Crippen MR) is 226 cm³/mol. The Hall–Kier alpha value is -6.70. The Balaban J connectivity index is 0.838. The van der Waals surface area contributed by atoms with E-state index in [4.69, 9.17) is 15.0 Å². The van der Waals surface area contributed by atoms with E-state index in [1.54, 1.807) is 17.2 Å². The standard InChI is InChI=1S/C53H36N4/c54-30-31-7-6-11-39(25-31)51-56-49(36-9-2-1-3-10-36)55-50(57-51)37-19-17-33(18-20-37)32-13-15-34(16-14-32)38-22-23-43-44-24-21-35-8-4-5-12-42(35)48(44)53(45(43)26-38)46-28-40-27-41-29-47(53)52(40,41)46/h1-26,40-41,46-47H,27-29H2. The van der Waals surface area contributed by atoms with E-state index in [2.05, 4.69) is 109 Å². The van der Waals surface area contributed by atoms with E-state index >= 15 is 0 Å². The normalized spacial score (nSPS) is 25.1. The topological polar surface area (TPSA) is 62.5 Å². The Morgan fingerprint density at radius 1 is 0.474 bits per heavy atom. The van der Waals surface area contributed by atoms with Crippen molar-refractivity contribution in [1.29, 1.82) is 5.26 Å². The summed E-state index contributed by atoms with van der Waals surface area (Å²) in [6.07, 6.45) is 4.30. The van der Waals surface area contributed by atoms with Crippen LogP contribution >= 0.6 is 0 Å². The van der Waals surface area contributed by atoms with Crippen LogP contribution in [0.25, 0.3) is 78.3 Å².